The van der Waals surface area contributed by atoms with Crippen molar-refractivity contribution in [2.45, 2.75) is 41.2 Å². The number of furan rings is 1. The number of hydrogen-bond donors (Lipinski definition) is 3. The lowest BCUT2D eigenvalue weighted by Crippen LogP contribution is -2.31. The van der Waals surface area contributed by atoms with Crippen LogP contribution in [0.1, 0.15) is 50.7 Å². The number of aliphatic imine (C=N–C) groups is 1. The first-order valence-corrected chi connectivity index (χ1v) is 12.1. The minimum absolute atomic E-state index is 0.106. The molecule has 0 saturated heterocycles. The second-order valence-corrected chi connectivity index (χ2v) is 8.27. The number of nitrogens with one attached hydrogen (secondary N) is 2. The van der Waals surface area contributed by atoms with E-state index in [-0.39, 0.29) is 30.3 Å². The van der Waals surface area contributed by atoms with Crippen molar-refractivity contribution in [2.75, 3.05) is 26.0 Å². The van der Waals surface area contributed by atoms with E-state index >= 15 is 0 Å². The zero-order valence-electron chi connectivity index (χ0n) is 21.7. The maximum absolute atomic E-state index is 12.1. The van der Waals surface area contributed by atoms with E-state index in [4.69, 9.17) is 4.42 Å². The van der Waals surface area contributed by atoms with Gasteiger partial charge in [-0.2, -0.15) is 4.40 Å². The highest BCUT2D eigenvalue weighted by Gasteiger charge is 2.16. The van der Waals surface area contributed by atoms with Gasteiger partial charge in [-0.1, -0.05) is 40.7 Å². The molecule has 2 aromatic rings. The molecule has 0 aliphatic heterocycles. The van der Waals surface area contributed by atoms with Gasteiger partial charge in [0.25, 0.3) is 5.91 Å². The Bertz CT molecular complexity index is 936. The summed E-state index contributed by atoms with van der Waals surface area (Å²) in [6, 6.07) is 8.30. The van der Waals surface area contributed by atoms with Crippen LogP contribution >= 0.6 is 0 Å². The fourth-order valence-corrected chi connectivity index (χ4v) is 2.51. The van der Waals surface area contributed by atoms with E-state index in [9.17, 15) is 14.1 Å². The second-order valence-electron chi connectivity index (χ2n) is 7.31. The Hall–Kier alpha value is -3.58. The van der Waals surface area contributed by atoms with E-state index in [0.29, 0.717) is 17.3 Å². The number of para-hydroxylation sites is 1. The van der Waals surface area contributed by atoms with Crippen LogP contribution in [0, 0.1) is 18.8 Å². The van der Waals surface area contributed by atoms with Gasteiger partial charge in [0.05, 0.1) is 30.6 Å². The van der Waals surface area contributed by atoms with E-state index < -0.39 is 11.2 Å². The molecule has 1 heterocycles. The Kier molecular flexibility index (Phi) is 19.1. The van der Waals surface area contributed by atoms with Crippen molar-refractivity contribution in [1.29, 1.82) is 0 Å². The monoisotopic (exact) mass is 505 g/mol. The number of hydrogen-bond acceptors (Lipinski definition) is 6. The molecule has 0 spiro atoms. The van der Waals surface area contributed by atoms with Gasteiger partial charge < -0.3 is 19.7 Å². The van der Waals surface area contributed by atoms with E-state index in [2.05, 4.69) is 59.8 Å². The van der Waals surface area contributed by atoms with E-state index in [1.54, 1.807) is 38.4 Å². The van der Waals surface area contributed by atoms with Gasteiger partial charge in [0.2, 0.25) is 11.2 Å². The third kappa shape index (κ3) is 14.3. The summed E-state index contributed by atoms with van der Waals surface area (Å²) in [5, 5.41) is 13.3. The summed E-state index contributed by atoms with van der Waals surface area (Å²) in [7, 11) is 3.20. The van der Waals surface area contributed by atoms with E-state index in [1.165, 1.54) is 17.2 Å². The molecule has 10 heteroatoms. The summed E-state index contributed by atoms with van der Waals surface area (Å²) in [6.45, 7) is 14.1. The van der Waals surface area contributed by atoms with Crippen molar-refractivity contribution in [3.63, 3.8) is 0 Å². The van der Waals surface area contributed by atoms with Crippen LogP contribution in [-0.2, 0) is 17.7 Å². The highest BCUT2D eigenvalue weighted by molar-refractivity contribution is 7.82. The highest BCUT2D eigenvalue weighted by atomic mass is 32.2. The minimum Gasteiger partial charge on any atom is -0.505 e. The van der Waals surface area contributed by atoms with Crippen molar-refractivity contribution >= 4 is 35.3 Å². The first kappa shape index (κ1) is 33.6. The zero-order chi connectivity index (χ0) is 27.4. The first-order chi connectivity index (χ1) is 16.6. The van der Waals surface area contributed by atoms with Crippen LogP contribution in [0.25, 0.3) is 0 Å². The summed E-state index contributed by atoms with van der Waals surface area (Å²) in [5.74, 6) is 1.29. The molecule has 1 atom stereocenters. The number of terminal acetylenes is 1. The number of amidine groups is 1. The van der Waals surface area contributed by atoms with Gasteiger partial charge in [-0.15, -0.1) is 12.8 Å². The Balaban J connectivity index is 0. The quantitative estimate of drug-likeness (QED) is 0.211. The number of nitrogens with zero attached hydrogens (tertiary/aromatic N) is 3. The molecule has 1 amide bonds. The largest absolute Gasteiger partial charge is 0.505 e. The van der Waals surface area contributed by atoms with Crippen molar-refractivity contribution in [3.05, 3.63) is 47.9 Å². The molecule has 1 aromatic heterocycles. The molecule has 1 unspecified atom stereocenters. The number of anilines is 1. The van der Waals surface area contributed by atoms with Crippen LogP contribution in [0.3, 0.4) is 0 Å². The lowest BCUT2D eigenvalue weighted by molar-refractivity contribution is 0.0824. The standard InChI is InChI=1S/C17H21N5O4S.C4H10.C2H6.C2H2/c1-18-27(25)21-15(20-10-12-6-5-9-26-12)11-19-14-8-4-7-13(16(14)23)17(24)22(2)3;1-4(2)3;2*1-2/h4-9,19,23H,1,10-11H2,2-3H3,(H,20,21);4H,1-3H3;1-2H3;1-2H. The van der Waals surface area contributed by atoms with Crippen LogP contribution in [-0.4, -0.2) is 53.3 Å². The van der Waals surface area contributed by atoms with Crippen LogP contribution in [0.4, 0.5) is 5.69 Å². The summed E-state index contributed by atoms with van der Waals surface area (Å²) in [4.78, 5) is 17.8. The fourth-order valence-electron chi connectivity index (χ4n) is 2.11. The molecule has 194 valence electrons. The smallest absolute Gasteiger partial charge is 0.257 e. The number of aromatic hydroxyl groups is 1. The third-order valence-electron chi connectivity index (χ3n) is 3.45. The number of phenols is 1. The summed E-state index contributed by atoms with van der Waals surface area (Å²) in [5.41, 5.74) is 0.510. The average Bonchev–Trinajstić information content (AvgIpc) is 3.37. The van der Waals surface area contributed by atoms with Crippen molar-refractivity contribution < 1.29 is 18.5 Å². The Morgan fingerprint density at radius 1 is 1.20 bits per heavy atom. The van der Waals surface area contributed by atoms with Gasteiger partial charge >= 0.3 is 0 Å². The number of carbonyl (C=O) groups excluding carboxylic acids is 1. The van der Waals surface area contributed by atoms with Gasteiger partial charge in [0.15, 0.2) is 5.75 Å². The van der Waals surface area contributed by atoms with Gasteiger partial charge in [0.1, 0.15) is 11.6 Å². The second kappa shape index (κ2) is 19.9. The molecule has 2 rings (SSSR count). The third-order valence-corrected chi connectivity index (χ3v) is 4.09. The Morgan fingerprint density at radius 2 is 1.80 bits per heavy atom. The van der Waals surface area contributed by atoms with Crippen molar-refractivity contribution in [2.24, 2.45) is 15.3 Å². The molecule has 9 nitrogen and oxygen atoms in total. The topological polar surface area (TPSA) is 120 Å². The molecule has 1 aromatic carbocycles. The lowest BCUT2D eigenvalue weighted by atomic mass is 10.1. The summed E-state index contributed by atoms with van der Waals surface area (Å²) < 4.78 is 22.8. The van der Waals surface area contributed by atoms with E-state index in [1.807, 2.05) is 13.8 Å². The molecule has 0 saturated carbocycles. The van der Waals surface area contributed by atoms with Crippen LogP contribution in [0.15, 0.2) is 50.4 Å². The average molecular weight is 506 g/mol. The number of amides is 1. The van der Waals surface area contributed by atoms with Crippen LogP contribution < -0.4 is 10.0 Å². The van der Waals surface area contributed by atoms with Gasteiger partial charge in [-0.3, -0.25) is 14.5 Å². The molecule has 0 fully saturated rings. The van der Waals surface area contributed by atoms with Crippen LogP contribution in [0.5, 0.6) is 5.75 Å². The molecule has 0 radical (unpaired) electrons. The maximum Gasteiger partial charge on any atom is 0.257 e. The fraction of sp³-hybridized carbons (Fsp3) is 0.400. The van der Waals surface area contributed by atoms with Crippen LogP contribution in [0.2, 0.25) is 0 Å². The van der Waals surface area contributed by atoms with Crippen molar-refractivity contribution in [3.8, 4) is 18.6 Å². The number of rotatable bonds is 8. The minimum atomic E-state index is -1.75. The number of phenolic OH excluding ortho intramolecular Hbond substituents is 1. The van der Waals surface area contributed by atoms with Gasteiger partial charge in [0, 0.05) is 20.8 Å². The molecule has 0 bridgehead atoms. The lowest BCUT2D eigenvalue weighted by Gasteiger charge is -2.15. The summed E-state index contributed by atoms with van der Waals surface area (Å²) >= 11 is -1.75. The molecular weight excluding hydrogens is 466 g/mol. The number of benzene rings is 1. The Morgan fingerprint density at radius 3 is 2.29 bits per heavy atom. The van der Waals surface area contributed by atoms with Crippen molar-refractivity contribution in [1.82, 2.24) is 9.62 Å². The molecular formula is C25H39N5O4S. The molecule has 3 N–H and O–H groups in total. The molecule has 0 aliphatic carbocycles. The molecule has 35 heavy (non-hydrogen) atoms. The SMILES string of the molecule is C#C.C=NS(=O)NC(CNc1cccc(C(=O)N(C)C)c1O)=NCc1ccco1.CC.CC(C)C. The van der Waals surface area contributed by atoms with Gasteiger partial charge in [-0.25, -0.2) is 4.21 Å². The highest BCUT2D eigenvalue weighted by Crippen LogP contribution is 2.28. The predicted octanol–water partition coefficient (Wildman–Crippen LogP) is 4.50. The zero-order valence-corrected chi connectivity index (χ0v) is 22.6. The predicted molar refractivity (Wildman–Crippen MR) is 147 cm³/mol. The number of carbonyl (C=O) groups is 1. The van der Waals surface area contributed by atoms with Gasteiger partial charge in [-0.05, 0) is 30.2 Å². The van der Waals surface area contributed by atoms with E-state index in [0.717, 1.165) is 5.92 Å². The maximum atomic E-state index is 12.1. The molecule has 0 aliphatic rings. The Labute approximate surface area is 212 Å². The summed E-state index contributed by atoms with van der Waals surface area (Å²) in [6.07, 6.45) is 9.53. The first-order valence-electron chi connectivity index (χ1n) is 11.0. The normalized spacial score (nSPS) is 10.7.